The van der Waals surface area contributed by atoms with E-state index in [4.69, 9.17) is 0 Å². The van der Waals surface area contributed by atoms with Crippen molar-refractivity contribution in [3.8, 4) is 5.69 Å². The first-order valence-electron chi connectivity index (χ1n) is 11.0. The molecule has 1 nitrogen and oxygen atoms in total. The monoisotopic (exact) mass is 363 g/mol. The van der Waals surface area contributed by atoms with Crippen molar-refractivity contribution >= 4 is 21.8 Å². The van der Waals surface area contributed by atoms with Crippen molar-refractivity contribution in [1.29, 1.82) is 0 Å². The van der Waals surface area contributed by atoms with Gasteiger partial charge >= 0.3 is 0 Å². The Hall–Kier alpha value is -2.54. The average Bonchev–Trinajstić information content (AvgIpc) is 2.97. The zero-order chi connectivity index (χ0) is 18.2. The lowest BCUT2D eigenvalue weighted by atomic mass is 9.67. The van der Waals surface area contributed by atoms with Gasteiger partial charge in [-0.15, -0.1) is 0 Å². The Morgan fingerprint density at radius 2 is 1.14 bits per heavy atom. The topological polar surface area (TPSA) is 4.93 Å². The zero-order valence-electron chi connectivity index (χ0n) is 16.1. The second-order valence-corrected chi connectivity index (χ2v) is 9.49. The maximum Gasteiger partial charge on any atom is 0.0541 e. The van der Waals surface area contributed by atoms with Crippen molar-refractivity contribution in [1.82, 2.24) is 4.57 Å². The number of para-hydroxylation sites is 2. The molecule has 1 heteroatoms. The molecule has 0 spiro atoms. The fourth-order valence-electron chi connectivity index (χ4n) is 6.99. The van der Waals surface area contributed by atoms with Gasteiger partial charge in [0, 0.05) is 16.5 Å². The van der Waals surface area contributed by atoms with E-state index >= 15 is 0 Å². The predicted octanol–water partition coefficient (Wildman–Crippen LogP) is 7.17. The molecule has 0 aliphatic heterocycles. The summed E-state index contributed by atoms with van der Waals surface area (Å²) in [6.07, 6.45) is 7.23. The number of benzene rings is 3. The summed E-state index contributed by atoms with van der Waals surface area (Å²) in [5.41, 5.74) is 7.34. The Labute approximate surface area is 166 Å². The predicted molar refractivity (Wildman–Crippen MR) is 116 cm³/mol. The van der Waals surface area contributed by atoms with Gasteiger partial charge in [0.1, 0.15) is 0 Å². The van der Waals surface area contributed by atoms with Gasteiger partial charge in [-0.1, -0.05) is 42.5 Å². The molecule has 1 heterocycles. The molecule has 2 fully saturated rings. The maximum atomic E-state index is 2.56. The summed E-state index contributed by atoms with van der Waals surface area (Å²) in [7, 11) is 0. The molecule has 28 heavy (non-hydrogen) atoms. The van der Waals surface area contributed by atoms with Crippen LogP contribution < -0.4 is 0 Å². The molecule has 8 rings (SSSR count). The molecule has 4 aromatic rings. The van der Waals surface area contributed by atoms with Crippen molar-refractivity contribution in [2.75, 3.05) is 0 Å². The molecule has 4 aliphatic rings. The summed E-state index contributed by atoms with van der Waals surface area (Å²) in [5.74, 6) is 3.57. The minimum Gasteiger partial charge on any atom is -0.309 e. The summed E-state index contributed by atoms with van der Waals surface area (Å²) >= 11 is 0. The zero-order valence-corrected chi connectivity index (χ0v) is 16.1. The van der Waals surface area contributed by atoms with Crippen molar-refractivity contribution in [2.24, 2.45) is 11.8 Å². The van der Waals surface area contributed by atoms with Crippen molar-refractivity contribution in [3.05, 3.63) is 77.9 Å². The van der Waals surface area contributed by atoms with Gasteiger partial charge in [0.15, 0.2) is 0 Å². The lowest BCUT2D eigenvalue weighted by Gasteiger charge is -2.38. The molecule has 4 bridgehead atoms. The van der Waals surface area contributed by atoms with Crippen LogP contribution in [0.4, 0.5) is 0 Å². The number of hydrogen-bond acceptors (Lipinski definition) is 0. The molecule has 2 saturated carbocycles. The third-order valence-electron chi connectivity index (χ3n) is 7.93. The molecular weight excluding hydrogens is 338 g/mol. The van der Waals surface area contributed by atoms with Gasteiger partial charge in [-0.05, 0) is 91.2 Å². The fraction of sp³-hybridized carbons (Fsp3) is 0.333. The van der Waals surface area contributed by atoms with Gasteiger partial charge in [-0.2, -0.15) is 0 Å². The van der Waals surface area contributed by atoms with Crippen LogP contribution in [0.5, 0.6) is 0 Å². The molecule has 138 valence electrons. The fourth-order valence-corrected chi connectivity index (χ4v) is 6.99. The van der Waals surface area contributed by atoms with E-state index in [0.29, 0.717) is 0 Å². The number of fused-ring (bicyclic) bond motifs is 3. The summed E-state index contributed by atoms with van der Waals surface area (Å²) < 4.78 is 2.49. The van der Waals surface area contributed by atoms with E-state index in [1.807, 2.05) is 0 Å². The van der Waals surface area contributed by atoms with Gasteiger partial charge in [0.05, 0.1) is 11.0 Å². The van der Waals surface area contributed by atoms with Crippen LogP contribution in [0.3, 0.4) is 0 Å². The van der Waals surface area contributed by atoms with E-state index < -0.39 is 0 Å². The standard InChI is InChI=1S/C27H25N/c1-3-7-26-23(5-1)24-6-2-4-8-27(24)28(26)21-9-10-22-19-12-17-11-18(13-19)15-20(14-17)25(22)16-21/h1-10,16-20H,11-15H2. The van der Waals surface area contributed by atoms with E-state index in [1.165, 1.54) is 59.6 Å². The Bertz CT molecular complexity index is 1160. The summed E-state index contributed by atoms with van der Waals surface area (Å²) in [4.78, 5) is 0. The summed E-state index contributed by atoms with van der Waals surface area (Å²) in [6.45, 7) is 0. The smallest absolute Gasteiger partial charge is 0.0541 e. The highest BCUT2D eigenvalue weighted by Crippen LogP contribution is 2.56. The molecule has 3 aromatic carbocycles. The van der Waals surface area contributed by atoms with E-state index in [9.17, 15) is 0 Å². The quantitative estimate of drug-likeness (QED) is 0.338. The molecule has 0 saturated heterocycles. The van der Waals surface area contributed by atoms with Gasteiger partial charge in [-0.3, -0.25) is 0 Å². The Balaban J connectivity index is 1.49. The molecule has 0 radical (unpaired) electrons. The normalized spacial score (nSPS) is 28.0. The molecular formula is C27H25N. The van der Waals surface area contributed by atoms with Gasteiger partial charge < -0.3 is 4.57 Å². The maximum absolute atomic E-state index is 2.56. The Morgan fingerprint density at radius 3 is 1.79 bits per heavy atom. The SMILES string of the molecule is c1ccc2c(c1)c1ccccc1n2-c1ccc2c(c1)C1CC3CC(CC2C3)C1. The highest BCUT2D eigenvalue weighted by atomic mass is 15.0. The highest BCUT2D eigenvalue weighted by molar-refractivity contribution is 6.09. The highest BCUT2D eigenvalue weighted by Gasteiger charge is 2.42. The number of hydrogen-bond donors (Lipinski definition) is 0. The Morgan fingerprint density at radius 1 is 0.571 bits per heavy atom. The van der Waals surface area contributed by atoms with Gasteiger partial charge in [-0.25, -0.2) is 0 Å². The first-order valence-corrected chi connectivity index (χ1v) is 11.0. The van der Waals surface area contributed by atoms with Crippen LogP contribution in [0.25, 0.3) is 27.5 Å². The van der Waals surface area contributed by atoms with Crippen LogP contribution >= 0.6 is 0 Å². The molecule has 0 N–H and O–H groups in total. The first kappa shape index (κ1) is 15.4. The van der Waals surface area contributed by atoms with Crippen LogP contribution in [-0.4, -0.2) is 4.57 Å². The van der Waals surface area contributed by atoms with E-state index in [1.54, 1.807) is 11.1 Å². The van der Waals surface area contributed by atoms with Crippen molar-refractivity contribution < 1.29 is 0 Å². The van der Waals surface area contributed by atoms with Gasteiger partial charge in [0.25, 0.3) is 0 Å². The van der Waals surface area contributed by atoms with Crippen LogP contribution in [0, 0.1) is 11.8 Å². The minimum absolute atomic E-state index is 0.791. The number of nitrogens with zero attached hydrogens (tertiary/aromatic N) is 1. The number of rotatable bonds is 1. The lowest BCUT2D eigenvalue weighted by molar-refractivity contribution is 0.166. The summed E-state index contributed by atoms with van der Waals surface area (Å²) in [5, 5.41) is 2.71. The second-order valence-electron chi connectivity index (χ2n) is 9.49. The van der Waals surface area contributed by atoms with Crippen LogP contribution in [0.15, 0.2) is 66.7 Å². The van der Waals surface area contributed by atoms with E-state index in [2.05, 4.69) is 71.3 Å². The molecule has 4 aliphatic carbocycles. The number of aromatic nitrogens is 1. The van der Waals surface area contributed by atoms with Crippen molar-refractivity contribution in [2.45, 2.75) is 43.9 Å². The summed E-state index contributed by atoms with van der Waals surface area (Å²) in [6, 6.07) is 25.2. The first-order chi connectivity index (χ1) is 13.8. The largest absolute Gasteiger partial charge is 0.309 e. The minimum atomic E-state index is 0.791. The van der Waals surface area contributed by atoms with Crippen LogP contribution in [-0.2, 0) is 0 Å². The third kappa shape index (κ3) is 2.02. The van der Waals surface area contributed by atoms with Crippen LogP contribution in [0.1, 0.15) is 55.1 Å². The van der Waals surface area contributed by atoms with E-state index in [0.717, 1.165) is 23.7 Å². The molecule has 0 amide bonds. The molecule has 2 unspecified atom stereocenters. The lowest BCUT2D eigenvalue weighted by Crippen LogP contribution is -2.25. The third-order valence-corrected chi connectivity index (χ3v) is 7.93. The van der Waals surface area contributed by atoms with E-state index in [-0.39, 0.29) is 0 Å². The molecule has 2 atom stereocenters. The van der Waals surface area contributed by atoms with Crippen LogP contribution in [0.2, 0.25) is 0 Å². The average molecular weight is 364 g/mol. The van der Waals surface area contributed by atoms with Gasteiger partial charge in [0.2, 0.25) is 0 Å². The molecule has 1 aromatic heterocycles. The Kier molecular flexibility index (Phi) is 3.02. The second kappa shape index (κ2) is 5.50. The van der Waals surface area contributed by atoms with Crippen molar-refractivity contribution in [3.63, 3.8) is 0 Å².